The van der Waals surface area contributed by atoms with Gasteiger partial charge in [-0.1, -0.05) is 0 Å². The van der Waals surface area contributed by atoms with Crippen LogP contribution in [0.1, 0.15) is 12.8 Å². The average molecular weight is 139 g/mol. The van der Waals surface area contributed by atoms with Gasteiger partial charge in [0.05, 0.1) is 0 Å². The molecular weight excluding hydrogens is 130 g/mol. The molecule has 0 rings (SSSR count). The molecule has 0 atom stereocenters. The Hall–Kier alpha value is -0.280. The monoisotopic (exact) mass is 138 g/mol. The SMILES string of the molecule is Cl.NCCCC(=O)[O-]. The number of halogens is 1. The van der Waals surface area contributed by atoms with Crippen LogP contribution in [0.2, 0.25) is 0 Å². The summed E-state index contributed by atoms with van der Waals surface area (Å²) in [5.74, 6) is -1.02. The normalized spacial score (nSPS) is 7.62. The highest BCUT2D eigenvalue weighted by atomic mass is 35.5. The first-order valence-corrected chi connectivity index (χ1v) is 2.17. The molecule has 0 aromatic heterocycles. The zero-order valence-corrected chi connectivity index (χ0v) is 5.24. The molecule has 0 aliphatic carbocycles. The fraction of sp³-hybridized carbons (Fsp3) is 0.750. The van der Waals surface area contributed by atoms with Crippen molar-refractivity contribution in [2.75, 3.05) is 6.54 Å². The molecule has 0 radical (unpaired) electrons. The number of aliphatic carboxylic acids is 1. The van der Waals surface area contributed by atoms with Gasteiger partial charge in [0.15, 0.2) is 0 Å². The van der Waals surface area contributed by atoms with E-state index in [9.17, 15) is 9.90 Å². The van der Waals surface area contributed by atoms with E-state index in [4.69, 9.17) is 5.73 Å². The fourth-order valence-corrected chi connectivity index (χ4v) is 0.246. The molecule has 8 heavy (non-hydrogen) atoms. The minimum absolute atomic E-state index is 0. The molecule has 0 amide bonds. The van der Waals surface area contributed by atoms with Crippen molar-refractivity contribution in [1.29, 1.82) is 0 Å². The Morgan fingerprint density at radius 3 is 2.25 bits per heavy atom. The standard InChI is InChI=1S/C4H9NO2.ClH/c5-3-1-2-4(6)7;/h1-3,5H2,(H,6,7);1H/p-1. The van der Waals surface area contributed by atoms with Gasteiger partial charge in [0.1, 0.15) is 0 Å². The second kappa shape index (κ2) is 6.72. The maximum atomic E-state index is 9.59. The van der Waals surface area contributed by atoms with E-state index < -0.39 is 5.97 Å². The van der Waals surface area contributed by atoms with Gasteiger partial charge in [0.25, 0.3) is 0 Å². The Labute approximate surface area is 54.3 Å². The lowest BCUT2D eigenvalue weighted by Crippen LogP contribution is -2.22. The summed E-state index contributed by atoms with van der Waals surface area (Å²) >= 11 is 0. The molecule has 0 aromatic carbocycles. The molecule has 0 fully saturated rings. The highest BCUT2D eigenvalue weighted by molar-refractivity contribution is 5.85. The number of carboxylic acids is 1. The number of carboxylic acid groups (broad SMARTS) is 1. The summed E-state index contributed by atoms with van der Waals surface area (Å²) < 4.78 is 0. The number of carbonyl (C=O) groups excluding carboxylic acids is 1. The van der Waals surface area contributed by atoms with Crippen LogP contribution >= 0.6 is 12.4 Å². The van der Waals surface area contributed by atoms with Crippen LogP contribution < -0.4 is 10.8 Å². The predicted octanol–water partition coefficient (Wildman–Crippen LogP) is -1.10. The van der Waals surface area contributed by atoms with E-state index in [0.29, 0.717) is 13.0 Å². The van der Waals surface area contributed by atoms with E-state index in [2.05, 4.69) is 0 Å². The van der Waals surface area contributed by atoms with Crippen molar-refractivity contribution in [3.8, 4) is 0 Å². The third kappa shape index (κ3) is 9.21. The molecule has 0 heterocycles. The molecule has 2 N–H and O–H groups in total. The van der Waals surface area contributed by atoms with Crippen LogP contribution in [0.25, 0.3) is 0 Å². The Bertz CT molecular complexity index is 67.1. The molecule has 0 aliphatic heterocycles. The van der Waals surface area contributed by atoms with Crippen molar-refractivity contribution in [3.63, 3.8) is 0 Å². The van der Waals surface area contributed by atoms with Gasteiger partial charge in [0.2, 0.25) is 0 Å². The number of hydrogen-bond acceptors (Lipinski definition) is 3. The van der Waals surface area contributed by atoms with Gasteiger partial charge in [-0.25, -0.2) is 0 Å². The molecule has 0 aromatic rings. The first-order chi connectivity index (χ1) is 3.27. The van der Waals surface area contributed by atoms with Gasteiger partial charge < -0.3 is 15.6 Å². The highest BCUT2D eigenvalue weighted by Crippen LogP contribution is 1.79. The zero-order chi connectivity index (χ0) is 5.70. The van der Waals surface area contributed by atoms with E-state index in [1.165, 1.54) is 0 Å². The van der Waals surface area contributed by atoms with Crippen LogP contribution in [0.4, 0.5) is 0 Å². The van der Waals surface area contributed by atoms with Gasteiger partial charge in [-0.2, -0.15) is 0 Å². The van der Waals surface area contributed by atoms with Gasteiger partial charge >= 0.3 is 0 Å². The number of carbonyl (C=O) groups is 1. The van der Waals surface area contributed by atoms with Crippen LogP contribution in [-0.2, 0) is 4.79 Å². The van der Waals surface area contributed by atoms with Crippen molar-refractivity contribution < 1.29 is 9.90 Å². The van der Waals surface area contributed by atoms with Crippen LogP contribution in [0.5, 0.6) is 0 Å². The Balaban J connectivity index is 0. The average Bonchev–Trinajstić information content (AvgIpc) is 1.61. The summed E-state index contributed by atoms with van der Waals surface area (Å²) in [5, 5.41) is 9.59. The topological polar surface area (TPSA) is 66.2 Å². The molecule has 3 nitrogen and oxygen atoms in total. The minimum atomic E-state index is -1.02. The molecule has 0 bridgehead atoms. The lowest BCUT2D eigenvalue weighted by molar-refractivity contribution is -0.305. The second-order valence-corrected chi connectivity index (χ2v) is 1.26. The summed E-state index contributed by atoms with van der Waals surface area (Å²) in [6.07, 6.45) is 0.596. The van der Waals surface area contributed by atoms with E-state index in [1.807, 2.05) is 0 Å². The fourth-order valence-electron chi connectivity index (χ4n) is 0.246. The summed E-state index contributed by atoms with van der Waals surface area (Å²) in [5.41, 5.74) is 4.99. The first-order valence-electron chi connectivity index (χ1n) is 2.17. The summed E-state index contributed by atoms with van der Waals surface area (Å²) in [4.78, 5) is 9.59. The second-order valence-electron chi connectivity index (χ2n) is 1.26. The van der Waals surface area contributed by atoms with Crippen LogP contribution in [0, 0.1) is 0 Å². The highest BCUT2D eigenvalue weighted by Gasteiger charge is 1.80. The maximum Gasteiger partial charge on any atom is 0.0414 e. The lowest BCUT2D eigenvalue weighted by Gasteiger charge is -1.95. The Morgan fingerprint density at radius 2 is 2.12 bits per heavy atom. The molecular formula is C4H9ClNO2-. The first kappa shape index (κ1) is 10.7. The molecule has 0 spiro atoms. The van der Waals surface area contributed by atoms with E-state index in [0.717, 1.165) is 0 Å². The Morgan fingerprint density at radius 1 is 1.62 bits per heavy atom. The maximum absolute atomic E-state index is 9.59. The van der Waals surface area contributed by atoms with Gasteiger partial charge in [-0.05, 0) is 19.4 Å². The third-order valence-corrected chi connectivity index (χ3v) is 0.585. The van der Waals surface area contributed by atoms with Gasteiger partial charge in [0, 0.05) is 5.97 Å². The zero-order valence-electron chi connectivity index (χ0n) is 4.42. The Kier molecular flexibility index (Phi) is 8.95. The predicted molar refractivity (Wildman–Crippen MR) is 30.5 cm³/mol. The van der Waals surface area contributed by atoms with Gasteiger partial charge in [-0.15, -0.1) is 12.4 Å². The molecule has 0 unspecified atom stereocenters. The van der Waals surface area contributed by atoms with Crippen molar-refractivity contribution in [3.05, 3.63) is 0 Å². The van der Waals surface area contributed by atoms with Crippen LogP contribution in [0.15, 0.2) is 0 Å². The molecule has 0 saturated carbocycles. The smallest absolute Gasteiger partial charge is 0.0414 e. The largest absolute Gasteiger partial charge is 0.550 e. The minimum Gasteiger partial charge on any atom is -0.550 e. The molecule has 4 heteroatoms. The quantitative estimate of drug-likeness (QED) is 0.538. The van der Waals surface area contributed by atoms with Crippen molar-refractivity contribution >= 4 is 18.4 Å². The number of nitrogens with two attached hydrogens (primary N) is 1. The third-order valence-electron chi connectivity index (χ3n) is 0.585. The molecule has 0 aliphatic rings. The number of rotatable bonds is 3. The van der Waals surface area contributed by atoms with E-state index in [1.54, 1.807) is 0 Å². The van der Waals surface area contributed by atoms with Crippen LogP contribution in [-0.4, -0.2) is 12.5 Å². The summed E-state index contributed by atoms with van der Waals surface area (Å²) in [6.45, 7) is 0.425. The lowest BCUT2D eigenvalue weighted by atomic mass is 10.3. The van der Waals surface area contributed by atoms with Crippen molar-refractivity contribution in [1.82, 2.24) is 0 Å². The van der Waals surface area contributed by atoms with Crippen molar-refractivity contribution in [2.24, 2.45) is 5.73 Å². The molecule has 50 valence electrons. The summed E-state index contributed by atoms with van der Waals surface area (Å²) in [7, 11) is 0. The van der Waals surface area contributed by atoms with E-state index >= 15 is 0 Å². The van der Waals surface area contributed by atoms with Gasteiger partial charge in [-0.3, -0.25) is 0 Å². The van der Waals surface area contributed by atoms with E-state index in [-0.39, 0.29) is 18.8 Å². The van der Waals surface area contributed by atoms with Crippen molar-refractivity contribution in [2.45, 2.75) is 12.8 Å². The summed E-state index contributed by atoms with van der Waals surface area (Å²) in [6, 6.07) is 0. The molecule has 0 saturated heterocycles. The van der Waals surface area contributed by atoms with Crippen LogP contribution in [0.3, 0.4) is 0 Å². The number of hydrogen-bond donors (Lipinski definition) is 1.